The number of nitrogens with zero attached hydrogens (tertiary/aromatic N) is 2. The first-order valence-electron chi connectivity index (χ1n) is 7.79. The summed E-state index contributed by atoms with van der Waals surface area (Å²) < 4.78 is 5.21. The maximum absolute atomic E-state index is 12.5. The number of anilines is 1. The van der Waals surface area contributed by atoms with Crippen LogP contribution in [-0.2, 0) is 0 Å². The molecule has 2 aromatic carbocycles. The maximum atomic E-state index is 12.5. The van der Waals surface area contributed by atoms with E-state index in [4.69, 9.17) is 16.3 Å². The fourth-order valence-electron chi connectivity index (χ4n) is 2.63. The molecule has 2 heterocycles. The summed E-state index contributed by atoms with van der Waals surface area (Å²) in [5.41, 5.74) is 2.69. The molecule has 0 radical (unpaired) electrons. The van der Waals surface area contributed by atoms with Crippen molar-refractivity contribution in [3.8, 4) is 17.3 Å². The van der Waals surface area contributed by atoms with Crippen LogP contribution in [0.25, 0.3) is 22.6 Å². The van der Waals surface area contributed by atoms with Crippen LogP contribution in [0.4, 0.5) is 5.82 Å². The van der Waals surface area contributed by atoms with E-state index in [9.17, 15) is 4.79 Å². The van der Waals surface area contributed by atoms with E-state index >= 15 is 0 Å². The molecular weight excluding hydrogens is 354 g/mol. The summed E-state index contributed by atoms with van der Waals surface area (Å²) in [6.45, 7) is 0. The van der Waals surface area contributed by atoms with E-state index in [-0.39, 0.29) is 5.91 Å². The second-order valence-corrected chi connectivity index (χ2v) is 6.00. The predicted octanol–water partition coefficient (Wildman–Crippen LogP) is 3.87. The minimum Gasteiger partial charge on any atom is -0.496 e. The molecule has 0 unspecified atom stereocenters. The van der Waals surface area contributed by atoms with Crippen molar-refractivity contribution in [1.29, 1.82) is 0 Å². The number of carbonyl (C=O) groups excluding carboxylic acids is 1. The van der Waals surface area contributed by atoms with Crippen LogP contribution in [0, 0.1) is 0 Å². The Morgan fingerprint density at radius 3 is 2.85 bits per heavy atom. The number of hydrogen-bond acceptors (Lipinski definition) is 4. The topological polar surface area (TPSA) is 95.7 Å². The lowest BCUT2D eigenvalue weighted by Gasteiger charge is -2.08. The second-order valence-electron chi connectivity index (χ2n) is 5.57. The molecule has 0 atom stereocenters. The van der Waals surface area contributed by atoms with Gasteiger partial charge >= 0.3 is 0 Å². The molecule has 7 nitrogen and oxygen atoms in total. The van der Waals surface area contributed by atoms with Crippen molar-refractivity contribution >= 4 is 34.4 Å². The van der Waals surface area contributed by atoms with Gasteiger partial charge in [-0.15, -0.1) is 0 Å². The molecule has 0 fully saturated rings. The highest BCUT2D eigenvalue weighted by molar-refractivity contribution is 6.31. The zero-order valence-electron chi connectivity index (χ0n) is 13.7. The minimum atomic E-state index is -0.357. The maximum Gasteiger partial charge on any atom is 0.260 e. The van der Waals surface area contributed by atoms with Gasteiger partial charge in [0.2, 0.25) is 0 Å². The average molecular weight is 368 g/mol. The number of halogens is 1. The van der Waals surface area contributed by atoms with Crippen molar-refractivity contribution in [3.05, 3.63) is 59.1 Å². The van der Waals surface area contributed by atoms with Gasteiger partial charge < -0.3 is 15.0 Å². The fourth-order valence-corrected chi connectivity index (χ4v) is 2.80. The van der Waals surface area contributed by atoms with Crippen LogP contribution < -0.4 is 10.1 Å². The van der Waals surface area contributed by atoms with Crippen molar-refractivity contribution in [1.82, 2.24) is 20.2 Å². The van der Waals surface area contributed by atoms with Gasteiger partial charge in [0.15, 0.2) is 5.82 Å². The largest absolute Gasteiger partial charge is 0.496 e. The summed E-state index contributed by atoms with van der Waals surface area (Å²) in [4.78, 5) is 20.2. The van der Waals surface area contributed by atoms with E-state index in [2.05, 4.69) is 25.5 Å². The van der Waals surface area contributed by atoms with E-state index in [1.807, 2.05) is 24.3 Å². The van der Waals surface area contributed by atoms with Gasteiger partial charge in [0, 0.05) is 11.1 Å². The first-order valence-corrected chi connectivity index (χ1v) is 8.17. The number of carbonyl (C=O) groups is 1. The van der Waals surface area contributed by atoms with Crippen LogP contribution in [0.5, 0.6) is 5.75 Å². The van der Waals surface area contributed by atoms with Crippen LogP contribution >= 0.6 is 11.6 Å². The molecule has 0 saturated carbocycles. The highest BCUT2D eigenvalue weighted by Crippen LogP contribution is 2.25. The molecule has 4 rings (SSSR count). The summed E-state index contributed by atoms with van der Waals surface area (Å²) >= 11 is 5.98. The zero-order chi connectivity index (χ0) is 18.1. The molecule has 1 amide bonds. The number of aromatic nitrogens is 4. The van der Waals surface area contributed by atoms with Gasteiger partial charge in [-0.3, -0.25) is 9.89 Å². The molecule has 3 N–H and O–H groups in total. The van der Waals surface area contributed by atoms with Gasteiger partial charge in [0.05, 0.1) is 23.7 Å². The SMILES string of the molecule is COc1ccc(Cl)cc1C(=O)Nc1cc(-c2nc3ccccc3[nH]2)n[nH]1. The lowest BCUT2D eigenvalue weighted by Crippen LogP contribution is -2.13. The predicted molar refractivity (Wildman–Crippen MR) is 99.6 cm³/mol. The molecule has 2 aromatic heterocycles. The number of ether oxygens (including phenoxy) is 1. The number of para-hydroxylation sites is 2. The molecule has 0 saturated heterocycles. The smallest absolute Gasteiger partial charge is 0.260 e. The number of hydrogen-bond donors (Lipinski definition) is 3. The molecule has 130 valence electrons. The van der Waals surface area contributed by atoms with Crippen molar-refractivity contribution in [2.75, 3.05) is 12.4 Å². The second kappa shape index (κ2) is 6.53. The minimum absolute atomic E-state index is 0.333. The zero-order valence-corrected chi connectivity index (χ0v) is 14.5. The number of imidazole rings is 1. The Morgan fingerprint density at radius 1 is 1.19 bits per heavy atom. The molecule has 0 aliphatic heterocycles. The number of methoxy groups -OCH3 is 1. The van der Waals surface area contributed by atoms with Crippen molar-refractivity contribution < 1.29 is 9.53 Å². The van der Waals surface area contributed by atoms with E-state index in [1.165, 1.54) is 7.11 Å². The first-order chi connectivity index (χ1) is 12.6. The van der Waals surface area contributed by atoms with Crippen LogP contribution in [0.3, 0.4) is 0 Å². The highest BCUT2D eigenvalue weighted by atomic mass is 35.5. The van der Waals surface area contributed by atoms with Crippen molar-refractivity contribution in [2.45, 2.75) is 0 Å². The molecule has 0 aliphatic carbocycles. The molecular formula is C18H14ClN5O2. The lowest BCUT2D eigenvalue weighted by molar-refractivity contribution is 0.102. The molecule has 8 heteroatoms. The van der Waals surface area contributed by atoms with Gasteiger partial charge in [-0.1, -0.05) is 23.7 Å². The molecule has 4 aromatic rings. The van der Waals surface area contributed by atoms with Gasteiger partial charge in [-0.25, -0.2) is 4.98 Å². The molecule has 0 spiro atoms. The van der Waals surface area contributed by atoms with Gasteiger partial charge in [0.1, 0.15) is 17.3 Å². The van der Waals surface area contributed by atoms with E-state index < -0.39 is 0 Å². The van der Waals surface area contributed by atoms with Crippen LogP contribution in [0.15, 0.2) is 48.5 Å². The van der Waals surface area contributed by atoms with Crippen LogP contribution in [0.2, 0.25) is 5.02 Å². The number of benzene rings is 2. The Hall–Kier alpha value is -3.32. The Labute approximate surface area is 153 Å². The summed E-state index contributed by atoms with van der Waals surface area (Å²) in [5.74, 6) is 1.13. The number of rotatable bonds is 4. The Kier molecular flexibility index (Phi) is 4.06. The fraction of sp³-hybridized carbons (Fsp3) is 0.0556. The van der Waals surface area contributed by atoms with Crippen LogP contribution in [0.1, 0.15) is 10.4 Å². The van der Waals surface area contributed by atoms with Gasteiger partial charge in [0.25, 0.3) is 5.91 Å². The number of fused-ring (bicyclic) bond motifs is 1. The summed E-state index contributed by atoms with van der Waals surface area (Å²) in [7, 11) is 1.50. The van der Waals surface area contributed by atoms with Gasteiger partial charge in [-0.05, 0) is 30.3 Å². The first kappa shape index (κ1) is 16.2. The Balaban J connectivity index is 1.59. The number of H-pyrrole nitrogens is 2. The summed E-state index contributed by atoms with van der Waals surface area (Å²) in [6, 6.07) is 14.2. The summed E-state index contributed by atoms with van der Waals surface area (Å²) in [5, 5.41) is 10.2. The monoisotopic (exact) mass is 367 g/mol. The standard InChI is InChI=1S/C18H14ClN5O2/c1-26-15-7-6-10(19)8-11(15)18(25)22-16-9-14(23-24-16)17-20-12-4-2-3-5-13(12)21-17/h2-9H,1H3,(H,20,21)(H2,22,23,24,25). The number of nitrogens with one attached hydrogen (secondary N) is 3. The Bertz CT molecular complexity index is 1070. The van der Waals surface area contributed by atoms with E-state index in [0.717, 1.165) is 11.0 Å². The van der Waals surface area contributed by atoms with E-state index in [0.29, 0.717) is 33.7 Å². The lowest BCUT2D eigenvalue weighted by atomic mass is 10.2. The number of aromatic amines is 2. The molecule has 0 bridgehead atoms. The van der Waals surface area contributed by atoms with Crippen molar-refractivity contribution in [3.63, 3.8) is 0 Å². The normalized spacial score (nSPS) is 10.8. The third kappa shape index (κ3) is 3.00. The molecule has 0 aliphatic rings. The summed E-state index contributed by atoms with van der Waals surface area (Å²) in [6.07, 6.45) is 0. The van der Waals surface area contributed by atoms with E-state index in [1.54, 1.807) is 24.3 Å². The van der Waals surface area contributed by atoms with Crippen molar-refractivity contribution in [2.24, 2.45) is 0 Å². The quantitative estimate of drug-likeness (QED) is 0.510. The molecule has 26 heavy (non-hydrogen) atoms. The third-order valence-electron chi connectivity index (χ3n) is 3.86. The third-order valence-corrected chi connectivity index (χ3v) is 4.10. The highest BCUT2D eigenvalue weighted by Gasteiger charge is 2.15. The number of amides is 1. The average Bonchev–Trinajstić information content (AvgIpc) is 3.28. The van der Waals surface area contributed by atoms with Gasteiger partial charge in [-0.2, -0.15) is 5.10 Å². The Morgan fingerprint density at radius 2 is 2.04 bits per heavy atom. The van der Waals surface area contributed by atoms with Crippen LogP contribution in [-0.4, -0.2) is 33.2 Å².